The van der Waals surface area contributed by atoms with E-state index < -0.39 is 16.8 Å². The van der Waals surface area contributed by atoms with E-state index in [2.05, 4.69) is 10.1 Å². The van der Waals surface area contributed by atoms with Gasteiger partial charge in [-0.1, -0.05) is 12.1 Å². The van der Waals surface area contributed by atoms with Gasteiger partial charge >= 0.3 is 5.97 Å². The quantitative estimate of drug-likeness (QED) is 0.489. The third-order valence-electron chi connectivity index (χ3n) is 3.42. The number of benzene rings is 2. The van der Waals surface area contributed by atoms with Crippen molar-refractivity contribution < 1.29 is 24.0 Å². The highest BCUT2D eigenvalue weighted by Gasteiger charge is 2.18. The number of nitrogens with zero attached hydrogens (tertiary/aromatic N) is 1. The summed E-state index contributed by atoms with van der Waals surface area (Å²) in [5.41, 5.74) is 0.402. The molecule has 0 aliphatic rings. The first-order valence-corrected chi connectivity index (χ1v) is 7.23. The lowest BCUT2D eigenvalue weighted by atomic mass is 10.1. The molecule has 0 radical (unpaired) electrons. The maximum atomic E-state index is 12.3. The number of carbonyl (C=O) groups excluding carboxylic acids is 2. The number of rotatable bonds is 6. The van der Waals surface area contributed by atoms with Crippen molar-refractivity contribution in [2.24, 2.45) is 0 Å². The molecule has 0 heterocycles. The minimum absolute atomic E-state index is 0.00288. The number of nitrogens with one attached hydrogen (secondary N) is 1. The fraction of sp³-hybridized carbons (Fsp3) is 0.176. The van der Waals surface area contributed by atoms with Crippen molar-refractivity contribution in [1.82, 2.24) is 5.32 Å². The van der Waals surface area contributed by atoms with Gasteiger partial charge in [0.25, 0.3) is 11.6 Å². The Morgan fingerprint density at radius 3 is 2.28 bits per heavy atom. The molecule has 0 aromatic heterocycles. The normalized spacial score (nSPS) is 10.0. The molecule has 1 amide bonds. The van der Waals surface area contributed by atoms with Gasteiger partial charge in [0.1, 0.15) is 5.75 Å². The lowest BCUT2D eigenvalue weighted by molar-refractivity contribution is -0.384. The summed E-state index contributed by atoms with van der Waals surface area (Å²) in [6.07, 6.45) is 0. The second kappa shape index (κ2) is 7.91. The Morgan fingerprint density at radius 1 is 1.08 bits per heavy atom. The van der Waals surface area contributed by atoms with Gasteiger partial charge in [0.05, 0.1) is 24.7 Å². The van der Waals surface area contributed by atoms with E-state index in [1.807, 2.05) is 0 Å². The lowest BCUT2D eigenvalue weighted by Crippen LogP contribution is -2.23. The first-order chi connectivity index (χ1) is 11.9. The van der Waals surface area contributed by atoms with E-state index in [1.165, 1.54) is 6.07 Å². The fourth-order valence-corrected chi connectivity index (χ4v) is 2.11. The molecule has 2 aromatic carbocycles. The topological polar surface area (TPSA) is 108 Å². The van der Waals surface area contributed by atoms with Crippen molar-refractivity contribution in [1.29, 1.82) is 0 Å². The van der Waals surface area contributed by atoms with Crippen molar-refractivity contribution in [3.63, 3.8) is 0 Å². The first-order valence-electron chi connectivity index (χ1n) is 7.23. The summed E-state index contributed by atoms with van der Waals surface area (Å²) in [6, 6.07) is 10.5. The molecule has 0 bridgehead atoms. The van der Waals surface area contributed by atoms with Crippen LogP contribution in [0.3, 0.4) is 0 Å². The van der Waals surface area contributed by atoms with Crippen LogP contribution >= 0.6 is 0 Å². The maximum Gasteiger partial charge on any atom is 0.338 e. The highest BCUT2D eigenvalue weighted by Crippen LogP contribution is 2.18. The molecule has 0 atom stereocenters. The van der Waals surface area contributed by atoms with E-state index in [9.17, 15) is 19.7 Å². The Morgan fingerprint density at radius 2 is 1.72 bits per heavy atom. The minimum atomic E-state index is -0.757. The predicted molar refractivity (Wildman–Crippen MR) is 88.6 cm³/mol. The third kappa shape index (κ3) is 4.54. The molecule has 25 heavy (non-hydrogen) atoms. The monoisotopic (exact) mass is 344 g/mol. The molecule has 0 unspecified atom stereocenters. The van der Waals surface area contributed by atoms with E-state index in [0.29, 0.717) is 5.75 Å². The Labute approximate surface area is 143 Å². The highest BCUT2D eigenvalue weighted by atomic mass is 16.6. The number of nitro benzene ring substituents is 1. The first kappa shape index (κ1) is 17.9. The zero-order chi connectivity index (χ0) is 18.4. The van der Waals surface area contributed by atoms with E-state index in [-0.39, 0.29) is 23.4 Å². The van der Waals surface area contributed by atoms with Gasteiger partial charge in [-0.3, -0.25) is 14.9 Å². The smallest absolute Gasteiger partial charge is 0.338 e. The van der Waals surface area contributed by atoms with Crippen molar-refractivity contribution in [2.75, 3.05) is 14.2 Å². The van der Waals surface area contributed by atoms with E-state index in [4.69, 9.17) is 4.74 Å². The third-order valence-corrected chi connectivity index (χ3v) is 3.42. The molecule has 0 saturated carbocycles. The van der Waals surface area contributed by atoms with Crippen LogP contribution in [0.15, 0.2) is 42.5 Å². The van der Waals surface area contributed by atoms with Crippen LogP contribution in [0.25, 0.3) is 0 Å². The summed E-state index contributed by atoms with van der Waals surface area (Å²) in [5, 5.41) is 13.6. The number of hydrogen-bond donors (Lipinski definition) is 1. The van der Waals surface area contributed by atoms with Crippen LogP contribution in [0.2, 0.25) is 0 Å². The highest BCUT2D eigenvalue weighted by molar-refractivity contribution is 5.98. The molecular formula is C17H16N2O6. The molecule has 1 N–H and O–H groups in total. The fourth-order valence-electron chi connectivity index (χ4n) is 2.11. The van der Waals surface area contributed by atoms with Gasteiger partial charge in [0.2, 0.25) is 0 Å². The minimum Gasteiger partial charge on any atom is -0.497 e. The Bertz CT molecular complexity index is 801. The summed E-state index contributed by atoms with van der Waals surface area (Å²) in [6.45, 7) is 0.221. The number of carbonyl (C=O) groups is 2. The van der Waals surface area contributed by atoms with Gasteiger partial charge in [-0.25, -0.2) is 4.79 Å². The number of amides is 1. The molecule has 8 nitrogen and oxygen atoms in total. The summed E-state index contributed by atoms with van der Waals surface area (Å²) in [5.74, 6) is -0.603. The Kier molecular flexibility index (Phi) is 5.67. The predicted octanol–water partition coefficient (Wildman–Crippen LogP) is 2.32. The Hall–Kier alpha value is -3.42. The molecule has 0 spiro atoms. The van der Waals surface area contributed by atoms with Crippen LogP contribution in [0.1, 0.15) is 26.3 Å². The number of esters is 1. The summed E-state index contributed by atoms with van der Waals surface area (Å²) >= 11 is 0. The van der Waals surface area contributed by atoms with Crippen LogP contribution in [0.5, 0.6) is 5.75 Å². The van der Waals surface area contributed by atoms with Gasteiger partial charge in [-0.2, -0.15) is 0 Å². The number of methoxy groups -OCH3 is 2. The zero-order valence-electron chi connectivity index (χ0n) is 13.6. The lowest BCUT2D eigenvalue weighted by Gasteiger charge is -2.08. The van der Waals surface area contributed by atoms with Crippen molar-refractivity contribution in [3.8, 4) is 5.75 Å². The summed E-state index contributed by atoms with van der Waals surface area (Å²) < 4.78 is 9.60. The average Bonchev–Trinajstić information content (AvgIpc) is 2.65. The molecule has 0 fully saturated rings. The molecular weight excluding hydrogens is 328 g/mol. The summed E-state index contributed by atoms with van der Waals surface area (Å²) in [7, 11) is 2.71. The second-order valence-corrected chi connectivity index (χ2v) is 5.05. The van der Waals surface area contributed by atoms with Crippen molar-refractivity contribution in [2.45, 2.75) is 6.54 Å². The largest absolute Gasteiger partial charge is 0.497 e. The number of hydrogen-bond acceptors (Lipinski definition) is 6. The van der Waals surface area contributed by atoms with Crippen LogP contribution in [-0.2, 0) is 11.3 Å². The standard InChI is InChI=1S/C17H16N2O6/c1-24-15-5-3-11(4-6-15)10-18-16(20)12-7-13(17(21)25-2)9-14(8-12)19(22)23/h3-9H,10H2,1-2H3,(H,18,20). The second-order valence-electron chi connectivity index (χ2n) is 5.05. The molecule has 0 aliphatic carbocycles. The van der Waals surface area contributed by atoms with Gasteiger partial charge in [-0.15, -0.1) is 0 Å². The van der Waals surface area contributed by atoms with E-state index in [0.717, 1.165) is 24.8 Å². The van der Waals surface area contributed by atoms with Gasteiger partial charge in [0, 0.05) is 24.2 Å². The average molecular weight is 344 g/mol. The zero-order valence-corrected chi connectivity index (χ0v) is 13.6. The van der Waals surface area contributed by atoms with Gasteiger partial charge < -0.3 is 14.8 Å². The van der Waals surface area contributed by atoms with Crippen LogP contribution < -0.4 is 10.1 Å². The van der Waals surface area contributed by atoms with Crippen LogP contribution in [-0.4, -0.2) is 31.0 Å². The van der Waals surface area contributed by atoms with Crippen LogP contribution in [0, 0.1) is 10.1 Å². The number of ether oxygens (including phenoxy) is 2. The molecule has 2 aromatic rings. The van der Waals surface area contributed by atoms with E-state index >= 15 is 0 Å². The van der Waals surface area contributed by atoms with Crippen molar-refractivity contribution >= 4 is 17.6 Å². The van der Waals surface area contributed by atoms with Crippen LogP contribution in [0.4, 0.5) is 5.69 Å². The Balaban J connectivity index is 2.17. The SMILES string of the molecule is COC(=O)c1cc(C(=O)NCc2ccc(OC)cc2)cc([N+](=O)[O-])c1. The number of nitro groups is 1. The maximum absolute atomic E-state index is 12.3. The molecule has 130 valence electrons. The van der Waals surface area contributed by atoms with E-state index in [1.54, 1.807) is 31.4 Å². The molecule has 0 saturated heterocycles. The molecule has 0 aliphatic heterocycles. The van der Waals surface area contributed by atoms with Gasteiger partial charge in [-0.05, 0) is 23.8 Å². The number of non-ortho nitro benzene ring substituents is 1. The van der Waals surface area contributed by atoms with Crippen molar-refractivity contribution in [3.05, 3.63) is 69.3 Å². The summed E-state index contributed by atoms with van der Waals surface area (Å²) in [4.78, 5) is 34.2. The molecule has 2 rings (SSSR count). The van der Waals surface area contributed by atoms with Gasteiger partial charge in [0.15, 0.2) is 0 Å². The molecule has 8 heteroatoms.